The van der Waals surface area contributed by atoms with Gasteiger partial charge in [-0.2, -0.15) is 5.26 Å². The zero-order chi connectivity index (χ0) is 14.8. The van der Waals surface area contributed by atoms with E-state index in [4.69, 9.17) is 11.6 Å². The molecule has 5 nitrogen and oxygen atoms in total. The molecule has 6 heteroatoms. The molecule has 0 aromatic heterocycles. The van der Waals surface area contributed by atoms with Crippen LogP contribution in [0.25, 0.3) is 5.57 Å². The number of nitrogens with zero attached hydrogens (tertiary/aromatic N) is 4. The van der Waals surface area contributed by atoms with Crippen molar-refractivity contribution in [2.75, 3.05) is 0 Å². The Balaban J connectivity index is 2.17. The Hall–Kier alpha value is -2.84. The minimum absolute atomic E-state index is 0.220. The van der Waals surface area contributed by atoms with Crippen LogP contribution < -0.4 is 0 Å². The first-order valence-corrected chi connectivity index (χ1v) is 6.48. The SMILES string of the molecule is N#C/C(=C1/N=C2C=CC=CN2/C1=N\O)c1ccc(Cl)cc1. The molecule has 0 bridgehead atoms. The summed E-state index contributed by atoms with van der Waals surface area (Å²) in [6.45, 7) is 0. The van der Waals surface area contributed by atoms with E-state index >= 15 is 0 Å². The van der Waals surface area contributed by atoms with Crippen LogP contribution in [0.3, 0.4) is 0 Å². The van der Waals surface area contributed by atoms with Gasteiger partial charge >= 0.3 is 0 Å². The number of allylic oxidation sites excluding steroid dienone is 3. The topological polar surface area (TPSA) is 72.0 Å². The molecule has 0 radical (unpaired) electrons. The second kappa shape index (κ2) is 5.27. The molecule has 3 rings (SSSR count). The van der Waals surface area contributed by atoms with E-state index in [-0.39, 0.29) is 5.84 Å². The molecule has 1 aromatic rings. The van der Waals surface area contributed by atoms with Gasteiger partial charge in [-0.25, -0.2) is 4.99 Å². The van der Waals surface area contributed by atoms with Gasteiger partial charge < -0.3 is 5.21 Å². The summed E-state index contributed by atoms with van der Waals surface area (Å²) in [5.41, 5.74) is 1.31. The first-order chi connectivity index (χ1) is 10.2. The minimum Gasteiger partial charge on any atom is -0.409 e. The van der Waals surface area contributed by atoms with Gasteiger partial charge in [0.05, 0.1) is 5.57 Å². The van der Waals surface area contributed by atoms with Crippen LogP contribution in [0, 0.1) is 11.3 Å². The van der Waals surface area contributed by atoms with Gasteiger partial charge in [0.25, 0.3) is 0 Å². The van der Waals surface area contributed by atoms with Crippen molar-refractivity contribution in [1.29, 1.82) is 5.26 Å². The van der Waals surface area contributed by atoms with Gasteiger partial charge in [-0.15, -0.1) is 0 Å². The van der Waals surface area contributed by atoms with Crippen molar-refractivity contribution in [2.24, 2.45) is 10.1 Å². The quantitative estimate of drug-likeness (QED) is 0.491. The lowest BCUT2D eigenvalue weighted by molar-refractivity contribution is 0.314. The summed E-state index contributed by atoms with van der Waals surface area (Å²) in [6.07, 6.45) is 7.11. The van der Waals surface area contributed by atoms with Gasteiger partial charge in [0.15, 0.2) is 0 Å². The molecular weight excluding hydrogens is 288 g/mol. The lowest BCUT2D eigenvalue weighted by Gasteiger charge is -2.14. The summed E-state index contributed by atoms with van der Waals surface area (Å²) in [6, 6.07) is 8.96. The number of rotatable bonds is 1. The van der Waals surface area contributed by atoms with Gasteiger partial charge in [-0.05, 0) is 29.8 Å². The molecule has 1 aromatic carbocycles. The van der Waals surface area contributed by atoms with Crippen LogP contribution in [-0.2, 0) is 0 Å². The first-order valence-electron chi connectivity index (χ1n) is 6.10. The Bertz CT molecular complexity index is 779. The van der Waals surface area contributed by atoms with Crippen molar-refractivity contribution < 1.29 is 5.21 Å². The number of halogens is 1. The number of amidine groups is 2. The molecule has 2 aliphatic rings. The molecule has 0 atom stereocenters. The number of aliphatic imine (C=N–C) groups is 1. The number of hydrogen-bond donors (Lipinski definition) is 1. The number of fused-ring (bicyclic) bond motifs is 1. The molecule has 21 heavy (non-hydrogen) atoms. The third kappa shape index (κ3) is 2.22. The average molecular weight is 297 g/mol. The van der Waals surface area contributed by atoms with Crippen LogP contribution in [-0.4, -0.2) is 21.8 Å². The molecule has 2 heterocycles. The van der Waals surface area contributed by atoms with Gasteiger partial charge in [0.2, 0.25) is 5.84 Å². The lowest BCUT2D eigenvalue weighted by atomic mass is 10.0. The summed E-state index contributed by atoms with van der Waals surface area (Å²) in [5, 5.41) is 22.6. The van der Waals surface area contributed by atoms with Crippen LogP contribution in [0.15, 0.2) is 64.5 Å². The molecule has 1 N–H and O–H groups in total. The Labute approximate surface area is 126 Å². The highest BCUT2D eigenvalue weighted by Crippen LogP contribution is 2.28. The summed E-state index contributed by atoms with van der Waals surface area (Å²) in [7, 11) is 0. The number of hydrogen-bond acceptors (Lipinski definition) is 4. The van der Waals surface area contributed by atoms with E-state index in [1.165, 1.54) is 0 Å². The maximum atomic E-state index is 9.45. The maximum absolute atomic E-state index is 9.45. The van der Waals surface area contributed by atoms with Crippen molar-refractivity contribution >= 4 is 28.8 Å². The van der Waals surface area contributed by atoms with E-state index in [0.717, 1.165) is 0 Å². The Morgan fingerprint density at radius 1 is 1.29 bits per heavy atom. The fourth-order valence-electron chi connectivity index (χ4n) is 2.12. The van der Waals surface area contributed by atoms with Crippen LogP contribution in [0.4, 0.5) is 0 Å². The largest absolute Gasteiger partial charge is 0.409 e. The van der Waals surface area contributed by atoms with Crippen LogP contribution in [0.2, 0.25) is 5.02 Å². The fourth-order valence-corrected chi connectivity index (χ4v) is 2.24. The molecule has 0 saturated heterocycles. The van der Waals surface area contributed by atoms with E-state index in [1.807, 2.05) is 6.08 Å². The monoisotopic (exact) mass is 296 g/mol. The predicted molar refractivity (Wildman–Crippen MR) is 80.8 cm³/mol. The summed E-state index contributed by atoms with van der Waals surface area (Å²) in [5.74, 6) is 0.819. The smallest absolute Gasteiger partial charge is 0.205 e. The molecule has 0 saturated carbocycles. The highest BCUT2D eigenvalue weighted by molar-refractivity contribution is 6.30. The zero-order valence-electron chi connectivity index (χ0n) is 10.7. The Morgan fingerprint density at radius 2 is 2.05 bits per heavy atom. The second-order valence-electron chi connectivity index (χ2n) is 4.31. The molecule has 0 fully saturated rings. The van der Waals surface area contributed by atoms with Crippen molar-refractivity contribution in [1.82, 2.24) is 4.90 Å². The number of benzene rings is 1. The molecular formula is C15H9ClN4O. The molecule has 0 aliphatic carbocycles. The summed E-state index contributed by atoms with van der Waals surface area (Å²) >= 11 is 5.86. The van der Waals surface area contributed by atoms with E-state index in [9.17, 15) is 10.5 Å². The second-order valence-corrected chi connectivity index (χ2v) is 4.74. The van der Waals surface area contributed by atoms with Crippen LogP contribution in [0.5, 0.6) is 0 Å². The van der Waals surface area contributed by atoms with Gasteiger partial charge in [0, 0.05) is 11.2 Å². The van der Waals surface area contributed by atoms with Gasteiger partial charge in [0.1, 0.15) is 17.6 Å². The first kappa shape index (κ1) is 13.2. The summed E-state index contributed by atoms with van der Waals surface area (Å²) < 4.78 is 0. The van der Waals surface area contributed by atoms with E-state index < -0.39 is 0 Å². The normalized spacial score (nSPS) is 20.3. The Kier molecular flexibility index (Phi) is 3.30. The highest BCUT2D eigenvalue weighted by atomic mass is 35.5. The zero-order valence-corrected chi connectivity index (χ0v) is 11.5. The van der Waals surface area contributed by atoms with Crippen molar-refractivity contribution in [3.8, 4) is 6.07 Å². The van der Waals surface area contributed by atoms with Crippen molar-refractivity contribution in [3.05, 3.63) is 65.0 Å². The average Bonchev–Trinajstić information content (AvgIpc) is 2.88. The molecule has 0 unspecified atom stereocenters. The highest BCUT2D eigenvalue weighted by Gasteiger charge is 2.30. The van der Waals surface area contributed by atoms with Crippen LogP contribution >= 0.6 is 11.6 Å². The number of oxime groups is 1. The molecule has 0 amide bonds. The summed E-state index contributed by atoms with van der Waals surface area (Å²) in [4.78, 5) is 5.98. The third-order valence-corrected chi connectivity index (χ3v) is 3.33. The molecule has 0 spiro atoms. The molecule has 102 valence electrons. The van der Waals surface area contributed by atoms with Gasteiger partial charge in [-0.3, -0.25) is 4.90 Å². The van der Waals surface area contributed by atoms with E-state index in [2.05, 4.69) is 16.2 Å². The maximum Gasteiger partial charge on any atom is 0.205 e. The predicted octanol–water partition coefficient (Wildman–Crippen LogP) is 3.16. The fraction of sp³-hybridized carbons (Fsp3) is 0. The Morgan fingerprint density at radius 3 is 2.71 bits per heavy atom. The van der Waals surface area contributed by atoms with Crippen molar-refractivity contribution in [2.45, 2.75) is 0 Å². The lowest BCUT2D eigenvalue weighted by Crippen LogP contribution is -2.27. The van der Waals surface area contributed by atoms with E-state index in [1.54, 1.807) is 47.5 Å². The van der Waals surface area contributed by atoms with E-state index in [0.29, 0.717) is 27.7 Å². The van der Waals surface area contributed by atoms with Crippen molar-refractivity contribution in [3.63, 3.8) is 0 Å². The standard InChI is InChI=1S/C15H9ClN4O/c16-11-6-4-10(5-7-11)12(9-17)14-15(19-21)20-8-2-1-3-13(20)18-14/h1-8,21H/b14-12-,19-15-. The minimum atomic E-state index is 0.220. The van der Waals surface area contributed by atoms with Gasteiger partial charge in [-0.1, -0.05) is 35.0 Å². The van der Waals surface area contributed by atoms with Crippen LogP contribution in [0.1, 0.15) is 5.56 Å². The number of nitriles is 1. The third-order valence-electron chi connectivity index (χ3n) is 3.08. The molecule has 2 aliphatic heterocycles.